The molecule has 0 saturated carbocycles. The van der Waals surface area contributed by atoms with Crippen LogP contribution in [0.1, 0.15) is 95.8 Å². The van der Waals surface area contributed by atoms with E-state index in [0.717, 1.165) is 80.2 Å². The highest BCUT2D eigenvalue weighted by Gasteiger charge is 2.33. The highest BCUT2D eigenvalue weighted by Crippen LogP contribution is 2.42. The van der Waals surface area contributed by atoms with E-state index in [9.17, 15) is 9.90 Å². The van der Waals surface area contributed by atoms with Gasteiger partial charge in [-0.25, -0.2) is 0 Å². The number of carbonyl (C=O) groups is 1. The largest absolute Gasteiger partial charge is 0.508 e. The van der Waals surface area contributed by atoms with Crippen LogP contribution in [0.4, 0.5) is 0 Å². The molecule has 2 rings (SSSR count). The lowest BCUT2D eigenvalue weighted by Crippen LogP contribution is -2.36. The predicted octanol–water partition coefficient (Wildman–Crippen LogP) is 7.44. The molecule has 1 aliphatic heterocycles. The van der Waals surface area contributed by atoms with E-state index >= 15 is 0 Å². The minimum atomic E-state index is -0.700. The van der Waals surface area contributed by atoms with Gasteiger partial charge in [-0.3, -0.25) is 4.79 Å². The summed E-state index contributed by atoms with van der Waals surface area (Å²) in [7, 11) is 0. The zero-order chi connectivity index (χ0) is 23.9. The molecule has 32 heavy (non-hydrogen) atoms. The summed E-state index contributed by atoms with van der Waals surface area (Å²) in [4.78, 5) is 10.9. The predicted molar refractivity (Wildman–Crippen MR) is 132 cm³/mol. The third-order valence-electron chi connectivity index (χ3n) is 6.90. The van der Waals surface area contributed by atoms with Crippen molar-refractivity contribution in [3.8, 4) is 11.5 Å². The molecule has 0 spiro atoms. The summed E-state index contributed by atoms with van der Waals surface area (Å²) in [5, 5.41) is 19.0. The highest BCUT2D eigenvalue weighted by atomic mass is 16.5. The minimum absolute atomic E-state index is 0.165. The molecule has 2 atom stereocenters. The van der Waals surface area contributed by atoms with Crippen molar-refractivity contribution >= 4 is 5.97 Å². The third-order valence-corrected chi connectivity index (χ3v) is 6.90. The number of phenols is 1. The Morgan fingerprint density at radius 1 is 1.19 bits per heavy atom. The minimum Gasteiger partial charge on any atom is -0.508 e. The maximum absolute atomic E-state index is 10.9. The molecule has 1 aromatic carbocycles. The van der Waals surface area contributed by atoms with Gasteiger partial charge < -0.3 is 14.9 Å². The Bertz CT molecular complexity index is 865. The first-order valence-electron chi connectivity index (χ1n) is 12.1. The van der Waals surface area contributed by atoms with Gasteiger partial charge in [-0.05, 0) is 110 Å². The standard InChI is InChI=1S/C28H42O4/c1-19(12-8-14-21(3)27(30)31)10-7-11-20(2)13-9-16-28(6)17-15-24-23(5)25(29)18-22(4)26(24)32-28/h10,13,18,21,29H,7-9,11-12,14-17H2,1-6H3,(H,30,31)/b19-10+,20-13+/t21?,28-/m1/s1. The van der Waals surface area contributed by atoms with Gasteiger partial charge in [-0.15, -0.1) is 0 Å². The van der Waals surface area contributed by atoms with Gasteiger partial charge in [-0.1, -0.05) is 30.2 Å². The van der Waals surface area contributed by atoms with E-state index in [1.54, 1.807) is 6.92 Å². The van der Waals surface area contributed by atoms with Crippen LogP contribution in [0.15, 0.2) is 29.4 Å². The summed E-state index contributed by atoms with van der Waals surface area (Å²) in [6.07, 6.45) is 13.3. The van der Waals surface area contributed by atoms with E-state index in [1.165, 1.54) is 11.1 Å². The fraction of sp³-hybridized carbons (Fsp3) is 0.607. The monoisotopic (exact) mass is 442 g/mol. The summed E-state index contributed by atoms with van der Waals surface area (Å²) in [5.74, 6) is 0.379. The number of allylic oxidation sites excluding steroid dienone is 4. The van der Waals surface area contributed by atoms with Gasteiger partial charge in [-0.2, -0.15) is 0 Å². The maximum Gasteiger partial charge on any atom is 0.306 e. The molecule has 4 heteroatoms. The molecule has 0 aromatic heterocycles. The third kappa shape index (κ3) is 7.43. The molecule has 0 bridgehead atoms. The molecule has 0 amide bonds. The molecule has 1 aromatic rings. The number of benzene rings is 1. The summed E-state index contributed by atoms with van der Waals surface area (Å²) in [5.41, 5.74) is 5.72. The van der Waals surface area contributed by atoms with E-state index in [1.807, 2.05) is 19.9 Å². The Kier molecular flexibility index (Phi) is 9.42. The Morgan fingerprint density at radius 3 is 2.53 bits per heavy atom. The lowest BCUT2D eigenvalue weighted by atomic mass is 9.86. The number of fused-ring (bicyclic) bond motifs is 1. The number of aromatic hydroxyl groups is 1. The van der Waals surface area contributed by atoms with Crippen LogP contribution in [0.3, 0.4) is 0 Å². The second-order valence-electron chi connectivity index (χ2n) is 10.0. The molecular weight excluding hydrogens is 400 g/mol. The summed E-state index contributed by atoms with van der Waals surface area (Å²) in [6.45, 7) is 12.3. The normalized spacial score (nSPS) is 19.9. The van der Waals surface area contributed by atoms with Crippen molar-refractivity contribution in [3.05, 3.63) is 46.1 Å². The number of aryl methyl sites for hydroxylation is 1. The molecule has 0 aliphatic carbocycles. The van der Waals surface area contributed by atoms with Gasteiger partial charge in [0.2, 0.25) is 0 Å². The summed E-state index contributed by atoms with van der Waals surface area (Å²) in [6, 6.07) is 1.81. The van der Waals surface area contributed by atoms with Crippen LogP contribution in [0.25, 0.3) is 0 Å². The van der Waals surface area contributed by atoms with Gasteiger partial charge >= 0.3 is 5.97 Å². The van der Waals surface area contributed by atoms with Crippen molar-refractivity contribution in [1.82, 2.24) is 0 Å². The summed E-state index contributed by atoms with van der Waals surface area (Å²) >= 11 is 0. The number of ether oxygens (including phenoxy) is 1. The summed E-state index contributed by atoms with van der Waals surface area (Å²) < 4.78 is 6.46. The Hall–Kier alpha value is -2.23. The van der Waals surface area contributed by atoms with Crippen molar-refractivity contribution in [3.63, 3.8) is 0 Å². The number of phenolic OH excluding ortho intramolecular Hbond substituents is 1. The van der Waals surface area contributed by atoms with E-state index in [0.29, 0.717) is 5.75 Å². The smallest absolute Gasteiger partial charge is 0.306 e. The second kappa shape index (κ2) is 11.6. The van der Waals surface area contributed by atoms with E-state index in [4.69, 9.17) is 9.84 Å². The van der Waals surface area contributed by atoms with Crippen LogP contribution in [0, 0.1) is 19.8 Å². The van der Waals surface area contributed by atoms with E-state index in [2.05, 4.69) is 32.9 Å². The van der Waals surface area contributed by atoms with Crippen LogP contribution in [-0.4, -0.2) is 21.8 Å². The fourth-order valence-corrected chi connectivity index (χ4v) is 4.43. The van der Waals surface area contributed by atoms with Crippen molar-refractivity contribution in [1.29, 1.82) is 0 Å². The molecule has 0 fully saturated rings. The van der Waals surface area contributed by atoms with Gasteiger partial charge in [0.25, 0.3) is 0 Å². The van der Waals surface area contributed by atoms with Crippen LogP contribution in [0.2, 0.25) is 0 Å². The first-order chi connectivity index (χ1) is 15.0. The van der Waals surface area contributed by atoms with Crippen LogP contribution in [-0.2, 0) is 11.2 Å². The van der Waals surface area contributed by atoms with Crippen molar-refractivity contribution in [2.75, 3.05) is 0 Å². The Morgan fingerprint density at radius 2 is 1.84 bits per heavy atom. The fourth-order valence-electron chi connectivity index (χ4n) is 4.43. The lowest BCUT2D eigenvalue weighted by Gasteiger charge is -2.37. The molecule has 0 saturated heterocycles. The molecule has 1 heterocycles. The molecule has 178 valence electrons. The van der Waals surface area contributed by atoms with Crippen molar-refractivity contribution in [2.24, 2.45) is 5.92 Å². The quantitative estimate of drug-likeness (QED) is 0.350. The second-order valence-corrected chi connectivity index (χ2v) is 10.0. The van der Waals surface area contributed by atoms with Gasteiger partial charge in [0.15, 0.2) is 0 Å². The molecular formula is C28H42O4. The molecule has 1 unspecified atom stereocenters. The molecule has 0 radical (unpaired) electrons. The van der Waals surface area contributed by atoms with Gasteiger partial charge in [0.1, 0.15) is 17.1 Å². The zero-order valence-electron chi connectivity index (χ0n) is 20.9. The van der Waals surface area contributed by atoms with Crippen LogP contribution in [0.5, 0.6) is 11.5 Å². The average Bonchev–Trinajstić information content (AvgIpc) is 2.72. The number of carboxylic acid groups (broad SMARTS) is 1. The van der Waals surface area contributed by atoms with Gasteiger partial charge in [0, 0.05) is 5.56 Å². The first kappa shape index (κ1) is 26.0. The lowest BCUT2D eigenvalue weighted by molar-refractivity contribution is -0.141. The van der Waals surface area contributed by atoms with E-state index < -0.39 is 5.97 Å². The van der Waals surface area contributed by atoms with Crippen LogP contribution < -0.4 is 4.74 Å². The molecule has 2 N–H and O–H groups in total. The number of hydrogen-bond acceptors (Lipinski definition) is 3. The van der Waals surface area contributed by atoms with Crippen LogP contribution >= 0.6 is 0 Å². The average molecular weight is 443 g/mol. The van der Waals surface area contributed by atoms with Crippen molar-refractivity contribution < 1.29 is 19.7 Å². The number of carboxylic acids is 1. The zero-order valence-corrected chi connectivity index (χ0v) is 20.9. The molecule has 1 aliphatic rings. The Balaban J connectivity index is 1.78. The number of hydrogen-bond donors (Lipinski definition) is 2. The molecule has 4 nitrogen and oxygen atoms in total. The number of aliphatic carboxylic acids is 1. The number of rotatable bonds is 11. The Labute approximate surface area is 194 Å². The highest BCUT2D eigenvalue weighted by molar-refractivity contribution is 5.69. The SMILES string of the molecule is C/C(=C\CC[C@]1(C)CCc2c(C)c(O)cc(C)c2O1)CC/C=C(\C)CCCC(C)C(=O)O. The van der Waals surface area contributed by atoms with E-state index in [-0.39, 0.29) is 11.5 Å². The van der Waals surface area contributed by atoms with Crippen molar-refractivity contribution in [2.45, 2.75) is 105 Å². The maximum atomic E-state index is 10.9. The van der Waals surface area contributed by atoms with Gasteiger partial charge in [0.05, 0.1) is 5.92 Å². The first-order valence-corrected chi connectivity index (χ1v) is 12.1. The topological polar surface area (TPSA) is 66.8 Å².